The standard InChI is InChI=1S/C20H19NO4S/c1-3-15(20(22)23)13-17-6-4-5-16-11-12-21(19(16)17)26(24,25)18-9-7-14(2)8-10-18/h4-13H,3H2,1-2H3,(H,22,23). The lowest BCUT2D eigenvalue weighted by Crippen LogP contribution is -2.12. The van der Waals surface area contributed by atoms with Gasteiger partial charge in [0.2, 0.25) is 0 Å². The molecule has 2 aromatic carbocycles. The molecule has 0 saturated heterocycles. The van der Waals surface area contributed by atoms with Crippen molar-refractivity contribution in [1.82, 2.24) is 3.97 Å². The van der Waals surface area contributed by atoms with Crippen molar-refractivity contribution in [3.8, 4) is 0 Å². The van der Waals surface area contributed by atoms with E-state index in [0.29, 0.717) is 17.5 Å². The molecule has 26 heavy (non-hydrogen) atoms. The fraction of sp³-hybridized carbons (Fsp3) is 0.150. The van der Waals surface area contributed by atoms with Gasteiger partial charge < -0.3 is 5.11 Å². The molecular weight excluding hydrogens is 350 g/mol. The Balaban J connectivity index is 2.25. The topological polar surface area (TPSA) is 76.4 Å². The first-order valence-electron chi connectivity index (χ1n) is 8.20. The fourth-order valence-electron chi connectivity index (χ4n) is 2.83. The van der Waals surface area contributed by atoms with Gasteiger partial charge in [-0.2, -0.15) is 0 Å². The first-order valence-corrected chi connectivity index (χ1v) is 9.65. The number of carboxylic acids is 1. The van der Waals surface area contributed by atoms with Crippen LogP contribution in [-0.2, 0) is 14.8 Å². The fourth-order valence-corrected chi connectivity index (χ4v) is 4.21. The number of aromatic nitrogens is 1. The molecule has 1 heterocycles. The third-order valence-electron chi connectivity index (χ3n) is 4.27. The van der Waals surface area contributed by atoms with E-state index in [1.165, 1.54) is 16.2 Å². The third-order valence-corrected chi connectivity index (χ3v) is 5.96. The van der Waals surface area contributed by atoms with Crippen molar-refractivity contribution in [3.05, 3.63) is 71.4 Å². The van der Waals surface area contributed by atoms with Crippen molar-refractivity contribution in [2.24, 2.45) is 0 Å². The highest BCUT2D eigenvalue weighted by Crippen LogP contribution is 2.27. The van der Waals surface area contributed by atoms with E-state index in [9.17, 15) is 18.3 Å². The molecule has 5 nitrogen and oxygen atoms in total. The predicted octanol–water partition coefficient (Wildman–Crippen LogP) is 4.06. The van der Waals surface area contributed by atoms with Crippen molar-refractivity contribution >= 4 is 33.0 Å². The summed E-state index contributed by atoms with van der Waals surface area (Å²) in [5.74, 6) is -1.01. The lowest BCUT2D eigenvalue weighted by molar-refractivity contribution is -0.132. The molecule has 1 aromatic heterocycles. The maximum Gasteiger partial charge on any atom is 0.331 e. The molecule has 0 aliphatic carbocycles. The van der Waals surface area contributed by atoms with Gasteiger partial charge in [-0.25, -0.2) is 17.2 Å². The molecule has 3 aromatic rings. The van der Waals surface area contributed by atoms with E-state index in [1.54, 1.807) is 55.5 Å². The molecule has 0 radical (unpaired) electrons. The maximum absolute atomic E-state index is 13.1. The SMILES string of the molecule is CCC(=Cc1cccc2ccn(S(=O)(=O)c3ccc(C)cc3)c12)C(=O)O. The number of fused-ring (bicyclic) bond motifs is 1. The molecular formula is C20H19NO4S. The van der Waals surface area contributed by atoms with Gasteiger partial charge in [0.05, 0.1) is 10.4 Å². The van der Waals surface area contributed by atoms with Gasteiger partial charge in [-0.1, -0.05) is 42.8 Å². The first kappa shape index (κ1) is 17.9. The average Bonchev–Trinajstić information content (AvgIpc) is 3.05. The number of hydrogen-bond acceptors (Lipinski definition) is 3. The summed E-state index contributed by atoms with van der Waals surface area (Å²) in [6, 6.07) is 13.7. The summed E-state index contributed by atoms with van der Waals surface area (Å²) in [7, 11) is -3.78. The summed E-state index contributed by atoms with van der Waals surface area (Å²) in [5.41, 5.74) is 2.22. The predicted molar refractivity (Wildman–Crippen MR) is 102 cm³/mol. The van der Waals surface area contributed by atoms with Gasteiger partial charge in [0.25, 0.3) is 10.0 Å². The number of carboxylic acid groups (broad SMARTS) is 1. The first-order chi connectivity index (χ1) is 12.3. The number of benzene rings is 2. The van der Waals surface area contributed by atoms with E-state index in [1.807, 2.05) is 6.92 Å². The van der Waals surface area contributed by atoms with Crippen molar-refractivity contribution in [2.45, 2.75) is 25.2 Å². The van der Waals surface area contributed by atoms with Crippen LogP contribution in [0.15, 0.2) is 65.2 Å². The van der Waals surface area contributed by atoms with Gasteiger partial charge in [-0.05, 0) is 37.6 Å². The maximum atomic E-state index is 13.1. The van der Waals surface area contributed by atoms with E-state index < -0.39 is 16.0 Å². The zero-order valence-corrected chi connectivity index (χ0v) is 15.3. The molecule has 0 amide bonds. The molecule has 6 heteroatoms. The molecule has 0 fully saturated rings. The van der Waals surface area contributed by atoms with Crippen LogP contribution in [0.3, 0.4) is 0 Å². The van der Waals surface area contributed by atoms with Crippen LogP contribution in [-0.4, -0.2) is 23.5 Å². The Bertz CT molecular complexity index is 1110. The highest BCUT2D eigenvalue weighted by Gasteiger charge is 2.20. The summed E-state index contributed by atoms with van der Waals surface area (Å²) >= 11 is 0. The number of para-hydroxylation sites is 1. The quantitative estimate of drug-likeness (QED) is 0.688. The lowest BCUT2D eigenvalue weighted by Gasteiger charge is -2.10. The summed E-state index contributed by atoms with van der Waals surface area (Å²) in [6.07, 6.45) is 3.38. The Labute approximate surface area is 152 Å². The van der Waals surface area contributed by atoms with Gasteiger partial charge in [0.1, 0.15) is 0 Å². The van der Waals surface area contributed by atoms with Crippen LogP contribution in [0.5, 0.6) is 0 Å². The van der Waals surface area contributed by atoms with Crippen molar-refractivity contribution in [2.75, 3.05) is 0 Å². The second-order valence-corrected chi connectivity index (χ2v) is 7.86. The highest BCUT2D eigenvalue weighted by molar-refractivity contribution is 7.90. The van der Waals surface area contributed by atoms with Crippen molar-refractivity contribution in [1.29, 1.82) is 0 Å². The van der Waals surface area contributed by atoms with Crippen LogP contribution in [0, 0.1) is 6.92 Å². The zero-order valence-electron chi connectivity index (χ0n) is 14.5. The van der Waals surface area contributed by atoms with E-state index in [2.05, 4.69) is 0 Å². The van der Waals surface area contributed by atoms with E-state index >= 15 is 0 Å². The molecule has 0 spiro atoms. The Kier molecular flexibility index (Phi) is 4.70. The number of carbonyl (C=O) groups is 1. The Hall–Kier alpha value is -2.86. The molecule has 1 N–H and O–H groups in total. The summed E-state index contributed by atoms with van der Waals surface area (Å²) in [5, 5.41) is 10.0. The molecule has 0 saturated carbocycles. The van der Waals surface area contributed by atoms with Gasteiger partial charge in [0, 0.05) is 22.7 Å². The summed E-state index contributed by atoms with van der Waals surface area (Å²) < 4.78 is 27.4. The number of rotatable bonds is 5. The second kappa shape index (κ2) is 6.80. The Morgan fingerprint density at radius 3 is 2.42 bits per heavy atom. The highest BCUT2D eigenvalue weighted by atomic mass is 32.2. The monoisotopic (exact) mass is 369 g/mol. The molecule has 0 aliphatic rings. The Morgan fingerprint density at radius 1 is 1.12 bits per heavy atom. The average molecular weight is 369 g/mol. The molecule has 0 aliphatic heterocycles. The Morgan fingerprint density at radius 2 is 1.81 bits per heavy atom. The summed E-state index contributed by atoms with van der Waals surface area (Å²) in [4.78, 5) is 11.5. The van der Waals surface area contributed by atoms with Crippen LogP contribution >= 0.6 is 0 Å². The largest absolute Gasteiger partial charge is 0.478 e. The van der Waals surface area contributed by atoms with Crippen molar-refractivity contribution in [3.63, 3.8) is 0 Å². The lowest BCUT2D eigenvalue weighted by atomic mass is 10.1. The molecule has 0 bridgehead atoms. The van der Waals surface area contributed by atoms with E-state index in [4.69, 9.17) is 0 Å². The molecule has 0 atom stereocenters. The van der Waals surface area contributed by atoms with Crippen LogP contribution in [0.2, 0.25) is 0 Å². The summed E-state index contributed by atoms with van der Waals surface area (Å²) in [6.45, 7) is 3.64. The number of aryl methyl sites for hydroxylation is 1. The molecule has 134 valence electrons. The third kappa shape index (κ3) is 3.15. The number of hydrogen-bond donors (Lipinski definition) is 1. The minimum atomic E-state index is -3.78. The van der Waals surface area contributed by atoms with E-state index in [-0.39, 0.29) is 10.5 Å². The van der Waals surface area contributed by atoms with Crippen LogP contribution in [0.1, 0.15) is 24.5 Å². The number of aliphatic carboxylic acids is 1. The minimum absolute atomic E-state index is 0.188. The van der Waals surface area contributed by atoms with Crippen LogP contribution < -0.4 is 0 Å². The van der Waals surface area contributed by atoms with Gasteiger partial charge in [-0.15, -0.1) is 0 Å². The normalized spacial score (nSPS) is 12.5. The molecule has 3 rings (SSSR count). The van der Waals surface area contributed by atoms with Crippen molar-refractivity contribution < 1.29 is 18.3 Å². The molecule has 0 unspecified atom stereocenters. The van der Waals surface area contributed by atoms with Crippen LogP contribution in [0.25, 0.3) is 17.0 Å². The smallest absolute Gasteiger partial charge is 0.331 e. The zero-order chi connectivity index (χ0) is 18.9. The van der Waals surface area contributed by atoms with Crippen LogP contribution in [0.4, 0.5) is 0 Å². The second-order valence-electron chi connectivity index (χ2n) is 6.04. The minimum Gasteiger partial charge on any atom is -0.478 e. The van der Waals surface area contributed by atoms with Gasteiger partial charge in [-0.3, -0.25) is 0 Å². The number of nitrogens with zero attached hydrogens (tertiary/aromatic N) is 1. The van der Waals surface area contributed by atoms with Gasteiger partial charge in [0.15, 0.2) is 0 Å². The van der Waals surface area contributed by atoms with E-state index in [0.717, 1.165) is 10.9 Å². The van der Waals surface area contributed by atoms with Gasteiger partial charge >= 0.3 is 5.97 Å².